The predicted molar refractivity (Wildman–Crippen MR) is 120 cm³/mol. The van der Waals surface area contributed by atoms with Crippen LogP contribution in [0.5, 0.6) is 0 Å². The van der Waals surface area contributed by atoms with Crippen LogP contribution >= 0.6 is 0 Å². The van der Waals surface area contributed by atoms with Gasteiger partial charge in [0.25, 0.3) is 0 Å². The molecule has 3 amide bonds. The molecule has 0 aliphatic heterocycles. The summed E-state index contributed by atoms with van der Waals surface area (Å²) in [7, 11) is 0. The normalized spacial score (nSPS) is 16.3. The Labute approximate surface area is 192 Å². The van der Waals surface area contributed by atoms with Crippen LogP contribution in [0.3, 0.4) is 0 Å². The van der Waals surface area contributed by atoms with Crippen LogP contribution in [-0.2, 0) is 19.2 Å². The fourth-order valence-electron chi connectivity index (χ4n) is 2.71. The van der Waals surface area contributed by atoms with E-state index in [1.807, 2.05) is 0 Å². The van der Waals surface area contributed by atoms with Crippen molar-refractivity contribution in [3.05, 3.63) is 0 Å². The molecule has 0 fully saturated rings. The second kappa shape index (κ2) is 15.0. The molecule has 0 aliphatic carbocycles. The minimum absolute atomic E-state index is 0.0767. The number of carboxylic acids is 1. The highest BCUT2D eigenvalue weighted by molar-refractivity contribution is 5.94. The summed E-state index contributed by atoms with van der Waals surface area (Å²) in [6.07, 6.45) is -0.221. The van der Waals surface area contributed by atoms with E-state index in [0.29, 0.717) is 12.8 Å². The lowest BCUT2D eigenvalue weighted by molar-refractivity contribution is -0.145. The summed E-state index contributed by atoms with van der Waals surface area (Å²) in [4.78, 5) is 52.5. The molecule has 0 saturated heterocycles. The van der Waals surface area contributed by atoms with E-state index >= 15 is 0 Å². The lowest BCUT2D eigenvalue weighted by atomic mass is 9.97. The lowest BCUT2D eigenvalue weighted by Crippen LogP contribution is -2.60. The Balaban J connectivity index is 5.19. The van der Waals surface area contributed by atoms with Crippen LogP contribution in [0.1, 0.15) is 40.0 Å². The van der Waals surface area contributed by atoms with E-state index in [2.05, 4.69) is 20.9 Å². The first-order valence-corrected chi connectivity index (χ1v) is 10.6. The van der Waals surface area contributed by atoms with Gasteiger partial charge in [0.15, 0.2) is 12.0 Å². The minimum atomic E-state index is -1.63. The molecule has 0 rings (SSSR count). The Morgan fingerprint density at radius 2 is 1.55 bits per heavy atom. The van der Waals surface area contributed by atoms with Gasteiger partial charge in [-0.3, -0.25) is 19.4 Å². The van der Waals surface area contributed by atoms with Crippen molar-refractivity contribution in [3.8, 4) is 0 Å². The fourth-order valence-corrected chi connectivity index (χ4v) is 2.71. The van der Waals surface area contributed by atoms with Crippen molar-refractivity contribution in [1.29, 1.82) is 0 Å². The van der Waals surface area contributed by atoms with Crippen LogP contribution < -0.4 is 33.2 Å². The third-order valence-electron chi connectivity index (χ3n) is 4.96. The van der Waals surface area contributed by atoms with Crippen LogP contribution in [0.25, 0.3) is 0 Å². The molecule has 6 atom stereocenters. The van der Waals surface area contributed by atoms with Crippen LogP contribution in [0, 0.1) is 5.92 Å². The first-order chi connectivity index (χ1) is 15.3. The molecule has 0 aromatic heterocycles. The van der Waals surface area contributed by atoms with E-state index in [9.17, 15) is 29.4 Å². The Hall–Kier alpha value is -2.97. The zero-order chi connectivity index (χ0) is 25.7. The summed E-state index contributed by atoms with van der Waals surface area (Å²) in [6, 6.07) is -5.14. The number of carbonyl (C=O) groups excluding carboxylic acids is 3. The summed E-state index contributed by atoms with van der Waals surface area (Å²) in [5, 5.41) is 35.0. The fraction of sp³-hybridized carbons (Fsp3) is 0.737. The number of carboxylic acid groups (broad SMARTS) is 1. The van der Waals surface area contributed by atoms with Crippen molar-refractivity contribution in [2.45, 2.75) is 70.3 Å². The molecule has 12 N–H and O–H groups in total. The lowest BCUT2D eigenvalue weighted by Gasteiger charge is -2.27. The molecule has 0 saturated carbocycles. The molecule has 190 valence electrons. The minimum Gasteiger partial charge on any atom is -0.480 e. The Kier molecular flexibility index (Phi) is 13.6. The van der Waals surface area contributed by atoms with Crippen molar-refractivity contribution >= 4 is 29.7 Å². The molecule has 0 aromatic carbocycles. The maximum atomic E-state index is 12.8. The number of rotatable bonds is 15. The molecule has 0 aliphatic rings. The summed E-state index contributed by atoms with van der Waals surface area (Å²) >= 11 is 0. The average Bonchev–Trinajstić information content (AvgIpc) is 2.74. The monoisotopic (exact) mass is 475 g/mol. The number of aliphatic hydroxyl groups excluding tert-OH is 2. The maximum Gasteiger partial charge on any atom is 0.328 e. The quantitative estimate of drug-likeness (QED) is 0.0636. The number of carbonyl (C=O) groups is 4. The third-order valence-corrected chi connectivity index (χ3v) is 4.96. The van der Waals surface area contributed by atoms with Gasteiger partial charge in [0.2, 0.25) is 17.7 Å². The summed E-state index contributed by atoms with van der Waals surface area (Å²) in [5.41, 5.74) is 16.3. The van der Waals surface area contributed by atoms with Crippen molar-refractivity contribution in [1.82, 2.24) is 16.0 Å². The number of aliphatic imine (C=N–C) groups is 1. The predicted octanol–water partition coefficient (Wildman–Crippen LogP) is -3.67. The van der Waals surface area contributed by atoms with Crippen molar-refractivity contribution in [2.24, 2.45) is 28.1 Å². The Bertz CT molecular complexity index is 698. The van der Waals surface area contributed by atoms with Gasteiger partial charge in [0, 0.05) is 6.54 Å². The summed E-state index contributed by atoms with van der Waals surface area (Å²) in [5.74, 6) is -4.28. The number of nitrogens with one attached hydrogen (secondary N) is 3. The second-order valence-electron chi connectivity index (χ2n) is 7.74. The molecule has 0 heterocycles. The van der Waals surface area contributed by atoms with E-state index in [1.54, 1.807) is 13.8 Å². The maximum absolute atomic E-state index is 12.8. The van der Waals surface area contributed by atoms with Crippen LogP contribution in [0.4, 0.5) is 0 Å². The molecule has 0 radical (unpaired) electrons. The molecular weight excluding hydrogens is 438 g/mol. The van der Waals surface area contributed by atoms with Gasteiger partial charge in [0.05, 0.1) is 18.8 Å². The van der Waals surface area contributed by atoms with Gasteiger partial charge in [-0.15, -0.1) is 0 Å². The molecule has 6 unspecified atom stereocenters. The van der Waals surface area contributed by atoms with Gasteiger partial charge in [-0.25, -0.2) is 4.79 Å². The molecule has 14 nitrogen and oxygen atoms in total. The van der Waals surface area contributed by atoms with Crippen LogP contribution in [0.15, 0.2) is 4.99 Å². The van der Waals surface area contributed by atoms with Gasteiger partial charge in [-0.2, -0.15) is 0 Å². The van der Waals surface area contributed by atoms with Crippen molar-refractivity contribution in [2.75, 3.05) is 13.2 Å². The highest BCUT2D eigenvalue weighted by Crippen LogP contribution is 2.09. The largest absolute Gasteiger partial charge is 0.480 e. The summed E-state index contributed by atoms with van der Waals surface area (Å²) in [6.45, 7) is 4.12. The van der Waals surface area contributed by atoms with E-state index in [1.165, 1.54) is 6.92 Å². The number of aliphatic hydroxyl groups is 2. The van der Waals surface area contributed by atoms with E-state index < -0.39 is 60.6 Å². The highest BCUT2D eigenvalue weighted by Gasteiger charge is 2.33. The van der Waals surface area contributed by atoms with Gasteiger partial charge in [-0.1, -0.05) is 20.3 Å². The SMILES string of the molecule is CCC(C)C(NC(=O)C(N)CCCN=C(N)N)C(=O)NC(CO)C(=O)NC(C(=O)O)C(C)O. The molecule has 0 spiro atoms. The number of hydrogen-bond acceptors (Lipinski definition) is 8. The zero-order valence-corrected chi connectivity index (χ0v) is 19.2. The molecule has 0 bridgehead atoms. The molecule has 14 heteroatoms. The van der Waals surface area contributed by atoms with E-state index in [-0.39, 0.29) is 24.8 Å². The number of hydrogen-bond donors (Lipinski definition) is 9. The number of guanidine groups is 1. The van der Waals surface area contributed by atoms with Crippen molar-refractivity contribution in [3.63, 3.8) is 0 Å². The Morgan fingerprint density at radius 1 is 0.970 bits per heavy atom. The van der Waals surface area contributed by atoms with Gasteiger partial charge in [0.1, 0.15) is 12.1 Å². The first-order valence-electron chi connectivity index (χ1n) is 10.6. The van der Waals surface area contributed by atoms with Gasteiger partial charge in [-0.05, 0) is 25.7 Å². The van der Waals surface area contributed by atoms with Crippen molar-refractivity contribution < 1.29 is 34.5 Å². The Morgan fingerprint density at radius 3 is 2.00 bits per heavy atom. The summed E-state index contributed by atoms with van der Waals surface area (Å²) < 4.78 is 0. The van der Waals surface area contributed by atoms with E-state index in [4.69, 9.17) is 22.3 Å². The topological polar surface area (TPSA) is 255 Å². The molecule has 33 heavy (non-hydrogen) atoms. The molecular formula is C19H37N7O7. The number of nitrogens with zero attached hydrogens (tertiary/aromatic N) is 1. The van der Waals surface area contributed by atoms with Gasteiger partial charge >= 0.3 is 5.97 Å². The van der Waals surface area contributed by atoms with Gasteiger partial charge < -0.3 is 48.5 Å². The first kappa shape index (κ1) is 30.0. The number of amides is 3. The highest BCUT2D eigenvalue weighted by atomic mass is 16.4. The molecule has 0 aromatic rings. The second-order valence-corrected chi connectivity index (χ2v) is 7.74. The smallest absolute Gasteiger partial charge is 0.328 e. The number of aliphatic carboxylic acids is 1. The zero-order valence-electron chi connectivity index (χ0n) is 19.2. The number of nitrogens with two attached hydrogens (primary N) is 3. The van der Waals surface area contributed by atoms with Crippen LogP contribution in [0.2, 0.25) is 0 Å². The van der Waals surface area contributed by atoms with E-state index in [0.717, 1.165) is 0 Å². The van der Waals surface area contributed by atoms with Crippen LogP contribution in [-0.4, -0.2) is 88.4 Å². The average molecular weight is 476 g/mol. The third kappa shape index (κ3) is 10.9. The standard InChI is InChI=1S/C19H37N7O7/c1-4-9(2)13(25-15(29)11(20)6-5-7-23-19(21)22)17(31)24-12(8-27)16(30)26-14(10(3)28)18(32)33/h9-14,27-28H,4-8,20H2,1-3H3,(H,24,31)(H,25,29)(H,26,30)(H,32,33)(H4,21,22,23).